The van der Waals surface area contributed by atoms with Gasteiger partial charge < -0.3 is 9.84 Å². The summed E-state index contributed by atoms with van der Waals surface area (Å²) in [5, 5.41) is 15.5. The van der Waals surface area contributed by atoms with Gasteiger partial charge in [0.2, 0.25) is 11.7 Å². The summed E-state index contributed by atoms with van der Waals surface area (Å²) in [6.45, 7) is 0.514. The monoisotopic (exact) mass is 333 g/mol. The molecule has 0 radical (unpaired) electrons. The van der Waals surface area contributed by atoms with E-state index in [2.05, 4.69) is 20.4 Å². The van der Waals surface area contributed by atoms with Gasteiger partial charge in [0.15, 0.2) is 0 Å². The van der Waals surface area contributed by atoms with Gasteiger partial charge in [0.1, 0.15) is 11.8 Å². The first kappa shape index (κ1) is 16.3. The molecule has 1 amide bonds. The number of aromatic nitrogens is 3. The molecule has 25 heavy (non-hydrogen) atoms. The van der Waals surface area contributed by atoms with E-state index in [4.69, 9.17) is 9.78 Å². The molecule has 2 aromatic heterocycles. The number of aryl methyl sites for hydroxylation is 1. The number of hydrogen-bond donors (Lipinski definition) is 1. The van der Waals surface area contributed by atoms with Crippen molar-refractivity contribution in [2.75, 3.05) is 6.54 Å². The van der Waals surface area contributed by atoms with Gasteiger partial charge >= 0.3 is 0 Å². The Labute approximate surface area is 144 Å². The van der Waals surface area contributed by atoms with Crippen LogP contribution in [0.25, 0.3) is 11.5 Å². The molecule has 0 saturated heterocycles. The number of nitriles is 1. The third kappa shape index (κ3) is 4.26. The fourth-order valence-corrected chi connectivity index (χ4v) is 2.19. The zero-order valence-electron chi connectivity index (χ0n) is 13.3. The quantitative estimate of drug-likeness (QED) is 0.694. The predicted octanol–water partition coefficient (Wildman–Crippen LogP) is 2.37. The summed E-state index contributed by atoms with van der Waals surface area (Å²) in [6.07, 6.45) is 2.70. The molecule has 124 valence electrons. The summed E-state index contributed by atoms with van der Waals surface area (Å²) in [5.74, 6) is 0.761. The average Bonchev–Trinajstić information content (AvgIpc) is 3.15. The van der Waals surface area contributed by atoms with Crippen molar-refractivity contribution in [3.63, 3.8) is 0 Å². The Morgan fingerprint density at radius 3 is 2.76 bits per heavy atom. The van der Waals surface area contributed by atoms with Crippen molar-refractivity contribution in [3.8, 4) is 17.6 Å². The van der Waals surface area contributed by atoms with Crippen molar-refractivity contribution in [2.45, 2.75) is 12.8 Å². The standard InChI is InChI=1S/C18H15N5O2/c19-11-13-8-9-15(21-12-13)17-22-16(25-23-17)7-4-10-20-18(24)14-5-2-1-3-6-14/h1-3,5-6,8-9,12H,4,7,10H2,(H,20,24). The second kappa shape index (κ2) is 7.84. The highest BCUT2D eigenvalue weighted by Crippen LogP contribution is 2.13. The Morgan fingerprint density at radius 1 is 1.20 bits per heavy atom. The van der Waals surface area contributed by atoms with Crippen molar-refractivity contribution >= 4 is 5.91 Å². The van der Waals surface area contributed by atoms with Crippen LogP contribution in [0.1, 0.15) is 28.2 Å². The lowest BCUT2D eigenvalue weighted by Gasteiger charge is -2.03. The van der Waals surface area contributed by atoms with Crippen LogP contribution >= 0.6 is 0 Å². The maximum Gasteiger partial charge on any atom is 0.251 e. The predicted molar refractivity (Wildman–Crippen MR) is 89.3 cm³/mol. The summed E-state index contributed by atoms with van der Waals surface area (Å²) in [7, 11) is 0. The molecule has 1 aromatic carbocycles. The normalized spacial score (nSPS) is 10.2. The van der Waals surface area contributed by atoms with Crippen LogP contribution in [0.2, 0.25) is 0 Å². The topological polar surface area (TPSA) is 105 Å². The van der Waals surface area contributed by atoms with Gasteiger partial charge in [0.05, 0.1) is 5.56 Å². The van der Waals surface area contributed by atoms with Crippen LogP contribution in [0.4, 0.5) is 0 Å². The van der Waals surface area contributed by atoms with Gasteiger partial charge in [0.25, 0.3) is 5.91 Å². The van der Waals surface area contributed by atoms with E-state index in [1.807, 2.05) is 24.3 Å². The van der Waals surface area contributed by atoms with E-state index in [9.17, 15) is 4.79 Å². The summed E-state index contributed by atoms with van der Waals surface area (Å²) in [6, 6.07) is 14.4. The molecule has 0 fully saturated rings. The molecular weight excluding hydrogens is 318 g/mol. The number of rotatable bonds is 6. The molecule has 1 N–H and O–H groups in total. The number of carbonyl (C=O) groups is 1. The van der Waals surface area contributed by atoms with Crippen molar-refractivity contribution in [1.29, 1.82) is 5.26 Å². The van der Waals surface area contributed by atoms with E-state index in [1.165, 1.54) is 6.20 Å². The van der Waals surface area contributed by atoms with Crippen LogP contribution in [-0.4, -0.2) is 27.6 Å². The zero-order chi connectivity index (χ0) is 17.5. The summed E-state index contributed by atoms with van der Waals surface area (Å²) in [4.78, 5) is 20.3. The molecule has 3 rings (SSSR count). The Balaban J connectivity index is 1.49. The highest BCUT2D eigenvalue weighted by atomic mass is 16.5. The Morgan fingerprint density at radius 2 is 2.04 bits per heavy atom. The number of nitrogens with one attached hydrogen (secondary N) is 1. The molecule has 0 atom stereocenters. The van der Waals surface area contributed by atoms with Gasteiger partial charge in [-0.15, -0.1) is 0 Å². The molecule has 0 aliphatic rings. The third-order valence-corrected chi connectivity index (χ3v) is 3.48. The highest BCUT2D eigenvalue weighted by Gasteiger charge is 2.10. The minimum atomic E-state index is -0.103. The Bertz CT molecular complexity index is 882. The van der Waals surface area contributed by atoms with Gasteiger partial charge in [-0.1, -0.05) is 23.4 Å². The van der Waals surface area contributed by atoms with E-state index in [-0.39, 0.29) is 5.91 Å². The van der Waals surface area contributed by atoms with Crippen LogP contribution in [0.3, 0.4) is 0 Å². The van der Waals surface area contributed by atoms with Crippen molar-refractivity contribution in [3.05, 3.63) is 65.7 Å². The zero-order valence-corrected chi connectivity index (χ0v) is 13.3. The summed E-state index contributed by atoms with van der Waals surface area (Å²) < 4.78 is 5.19. The minimum Gasteiger partial charge on any atom is -0.352 e. The van der Waals surface area contributed by atoms with Gasteiger partial charge in [-0.25, -0.2) is 0 Å². The van der Waals surface area contributed by atoms with Gasteiger partial charge in [0, 0.05) is 24.7 Å². The number of nitrogens with zero attached hydrogens (tertiary/aromatic N) is 4. The molecule has 3 aromatic rings. The maximum absolute atomic E-state index is 11.9. The lowest BCUT2D eigenvalue weighted by Crippen LogP contribution is -2.24. The maximum atomic E-state index is 11.9. The summed E-state index contributed by atoms with van der Waals surface area (Å²) in [5.41, 5.74) is 1.66. The fourth-order valence-electron chi connectivity index (χ4n) is 2.19. The average molecular weight is 333 g/mol. The van der Waals surface area contributed by atoms with E-state index in [0.717, 1.165) is 0 Å². The van der Waals surface area contributed by atoms with Crippen molar-refractivity contribution in [2.24, 2.45) is 0 Å². The summed E-state index contributed by atoms with van der Waals surface area (Å²) >= 11 is 0. The van der Waals surface area contributed by atoms with Gasteiger partial charge in [-0.05, 0) is 30.7 Å². The second-order valence-corrected chi connectivity index (χ2v) is 5.28. The SMILES string of the molecule is N#Cc1ccc(-c2noc(CCCNC(=O)c3ccccc3)n2)nc1. The third-order valence-electron chi connectivity index (χ3n) is 3.48. The van der Waals surface area contributed by atoms with Gasteiger partial charge in [-0.2, -0.15) is 10.2 Å². The van der Waals surface area contributed by atoms with Crippen LogP contribution < -0.4 is 5.32 Å². The number of benzene rings is 1. The van der Waals surface area contributed by atoms with E-state index >= 15 is 0 Å². The first-order valence-electron chi connectivity index (χ1n) is 7.78. The van der Waals surface area contributed by atoms with E-state index in [1.54, 1.807) is 24.3 Å². The van der Waals surface area contributed by atoms with Crippen molar-refractivity contribution < 1.29 is 9.32 Å². The lowest BCUT2D eigenvalue weighted by molar-refractivity contribution is 0.0953. The minimum absolute atomic E-state index is 0.103. The number of amides is 1. The molecule has 0 aliphatic heterocycles. The number of carbonyl (C=O) groups excluding carboxylic acids is 1. The van der Waals surface area contributed by atoms with Crippen LogP contribution in [-0.2, 0) is 6.42 Å². The molecule has 0 saturated carbocycles. The first-order valence-corrected chi connectivity index (χ1v) is 7.78. The van der Waals surface area contributed by atoms with E-state index in [0.29, 0.717) is 47.9 Å². The highest BCUT2D eigenvalue weighted by molar-refractivity contribution is 5.94. The van der Waals surface area contributed by atoms with Gasteiger partial charge in [-0.3, -0.25) is 9.78 Å². The number of hydrogen-bond acceptors (Lipinski definition) is 6. The molecule has 0 aliphatic carbocycles. The second-order valence-electron chi connectivity index (χ2n) is 5.28. The number of pyridine rings is 1. The largest absolute Gasteiger partial charge is 0.352 e. The first-order chi connectivity index (χ1) is 12.3. The molecule has 7 nitrogen and oxygen atoms in total. The van der Waals surface area contributed by atoms with Crippen molar-refractivity contribution in [1.82, 2.24) is 20.4 Å². The van der Waals surface area contributed by atoms with Crippen LogP contribution in [0.5, 0.6) is 0 Å². The molecule has 0 unspecified atom stereocenters. The Kier molecular flexibility index (Phi) is 5.12. The van der Waals surface area contributed by atoms with Crippen LogP contribution in [0.15, 0.2) is 53.2 Å². The molecule has 0 spiro atoms. The molecule has 2 heterocycles. The molecule has 0 bridgehead atoms. The van der Waals surface area contributed by atoms with Crippen LogP contribution in [0, 0.1) is 11.3 Å². The lowest BCUT2D eigenvalue weighted by atomic mass is 10.2. The smallest absolute Gasteiger partial charge is 0.251 e. The van der Waals surface area contributed by atoms with E-state index < -0.39 is 0 Å². The fraction of sp³-hybridized carbons (Fsp3) is 0.167. The Hall–Kier alpha value is -3.53. The molecular formula is C18H15N5O2. The molecule has 7 heteroatoms.